The first-order valence-corrected chi connectivity index (χ1v) is 6.71. The number of amides is 1. The average molecular weight is 285 g/mol. The molecule has 104 valence electrons. The Morgan fingerprint density at radius 1 is 1.63 bits per heavy atom. The predicted molar refractivity (Wildman–Crippen MR) is 67.8 cm³/mol. The highest BCUT2D eigenvalue weighted by atomic mass is 32.1. The van der Waals surface area contributed by atoms with Crippen LogP contribution in [0.3, 0.4) is 0 Å². The number of β-amino-alcohol motifs (C(OH)–C–C–N with tert-alkyl or cyclic N) is 1. The van der Waals surface area contributed by atoms with E-state index >= 15 is 0 Å². The molecule has 1 aliphatic rings. The van der Waals surface area contributed by atoms with E-state index in [0.717, 1.165) is 4.90 Å². The summed E-state index contributed by atoms with van der Waals surface area (Å²) in [6.07, 6.45) is -0.762. The average Bonchev–Trinajstić information content (AvgIpc) is 2.94. The number of nitrogens with zero attached hydrogens (tertiary/aromatic N) is 2. The highest BCUT2D eigenvalue weighted by molar-refractivity contribution is 7.09. The van der Waals surface area contributed by atoms with Crippen LogP contribution in [0.15, 0.2) is 5.38 Å². The van der Waals surface area contributed by atoms with Crippen LogP contribution in [-0.4, -0.2) is 50.7 Å². The van der Waals surface area contributed by atoms with Crippen LogP contribution >= 0.6 is 11.3 Å². The van der Waals surface area contributed by atoms with Crippen LogP contribution in [0, 0.1) is 0 Å². The maximum absolute atomic E-state index is 12.2. The van der Waals surface area contributed by atoms with Crippen LogP contribution in [0.25, 0.3) is 0 Å². The molecule has 1 saturated heterocycles. The van der Waals surface area contributed by atoms with Crippen molar-refractivity contribution in [3.63, 3.8) is 0 Å². The number of aliphatic hydroxyl groups excluding tert-OH is 1. The van der Waals surface area contributed by atoms with Gasteiger partial charge in [0.1, 0.15) is 16.7 Å². The zero-order chi connectivity index (χ0) is 14.2. The van der Waals surface area contributed by atoms with Crippen LogP contribution in [0.4, 0.5) is 0 Å². The van der Waals surface area contributed by atoms with Gasteiger partial charge in [0.15, 0.2) is 0 Å². The van der Waals surface area contributed by atoms with E-state index in [2.05, 4.69) is 4.98 Å². The summed E-state index contributed by atoms with van der Waals surface area (Å²) in [5, 5.41) is 20.7. The summed E-state index contributed by atoms with van der Waals surface area (Å²) in [5.74, 6) is -1.60. The lowest BCUT2D eigenvalue weighted by Crippen LogP contribution is -2.40. The summed E-state index contributed by atoms with van der Waals surface area (Å²) < 4.78 is 0. The lowest BCUT2D eigenvalue weighted by molar-refractivity contribution is -0.141. The zero-order valence-corrected chi connectivity index (χ0v) is 11.1. The lowest BCUT2D eigenvalue weighted by atomic mass is 10.2. The Hall–Kier alpha value is -1.51. The van der Waals surface area contributed by atoms with Crippen molar-refractivity contribution in [2.75, 3.05) is 6.54 Å². The van der Waals surface area contributed by atoms with Crippen molar-refractivity contribution in [3.05, 3.63) is 16.1 Å². The molecule has 0 aromatic carbocycles. The Morgan fingerprint density at radius 3 is 2.84 bits per heavy atom. The van der Waals surface area contributed by atoms with Gasteiger partial charge in [-0.2, -0.15) is 0 Å². The van der Waals surface area contributed by atoms with Gasteiger partial charge in [-0.1, -0.05) is 0 Å². The van der Waals surface area contributed by atoms with Crippen molar-refractivity contribution in [1.82, 2.24) is 9.88 Å². The van der Waals surface area contributed by atoms with E-state index in [1.165, 1.54) is 11.3 Å². The van der Waals surface area contributed by atoms with Gasteiger partial charge < -0.3 is 20.8 Å². The number of carboxylic acids is 1. The SMILES string of the molecule is CC(N)c1nc(C(=O)N2CC(O)CC2C(=O)O)cs1. The van der Waals surface area contributed by atoms with Crippen LogP contribution in [0.1, 0.15) is 34.9 Å². The second-order valence-electron chi connectivity index (χ2n) is 4.56. The van der Waals surface area contributed by atoms with E-state index in [9.17, 15) is 14.7 Å². The fourth-order valence-electron chi connectivity index (χ4n) is 2.01. The van der Waals surface area contributed by atoms with E-state index in [-0.39, 0.29) is 24.7 Å². The molecule has 0 spiro atoms. The van der Waals surface area contributed by atoms with Gasteiger partial charge >= 0.3 is 5.97 Å². The standard InChI is InChI=1S/C11H15N3O4S/c1-5(12)9-13-7(4-19-9)10(16)14-3-6(15)2-8(14)11(17)18/h4-6,8,15H,2-3,12H2,1H3,(H,17,18). The van der Waals surface area contributed by atoms with Gasteiger partial charge in [-0.25, -0.2) is 9.78 Å². The fraction of sp³-hybridized carbons (Fsp3) is 0.545. The summed E-state index contributed by atoms with van der Waals surface area (Å²) >= 11 is 1.26. The normalized spacial score (nSPS) is 24.5. The van der Waals surface area contributed by atoms with Crippen molar-refractivity contribution in [3.8, 4) is 0 Å². The van der Waals surface area contributed by atoms with Crippen LogP contribution in [0.2, 0.25) is 0 Å². The molecule has 1 amide bonds. The molecular formula is C11H15N3O4S. The Balaban J connectivity index is 2.20. The van der Waals surface area contributed by atoms with Gasteiger partial charge in [0.2, 0.25) is 0 Å². The topological polar surface area (TPSA) is 117 Å². The highest BCUT2D eigenvalue weighted by Gasteiger charge is 2.39. The second kappa shape index (κ2) is 5.24. The number of aliphatic hydroxyl groups is 1. The molecule has 1 fully saturated rings. The molecule has 0 bridgehead atoms. The zero-order valence-electron chi connectivity index (χ0n) is 10.3. The van der Waals surface area contributed by atoms with Gasteiger partial charge in [-0.3, -0.25) is 4.79 Å². The molecule has 1 aromatic heterocycles. The molecule has 4 N–H and O–H groups in total. The fourth-order valence-corrected chi connectivity index (χ4v) is 2.77. The van der Waals surface area contributed by atoms with Crippen molar-refractivity contribution in [1.29, 1.82) is 0 Å². The van der Waals surface area contributed by atoms with Crippen molar-refractivity contribution in [2.24, 2.45) is 5.73 Å². The van der Waals surface area contributed by atoms with E-state index in [1.54, 1.807) is 12.3 Å². The molecule has 2 heterocycles. The number of hydrogen-bond acceptors (Lipinski definition) is 6. The van der Waals surface area contributed by atoms with Crippen LogP contribution in [0.5, 0.6) is 0 Å². The molecule has 1 aromatic rings. The van der Waals surface area contributed by atoms with Crippen LogP contribution in [-0.2, 0) is 4.79 Å². The van der Waals surface area contributed by atoms with Gasteiger partial charge in [0.05, 0.1) is 12.1 Å². The van der Waals surface area contributed by atoms with E-state index in [0.29, 0.717) is 5.01 Å². The molecule has 0 aliphatic carbocycles. The number of hydrogen-bond donors (Lipinski definition) is 3. The second-order valence-corrected chi connectivity index (χ2v) is 5.45. The number of nitrogens with two attached hydrogens (primary N) is 1. The molecule has 3 unspecified atom stereocenters. The van der Waals surface area contributed by atoms with Crippen LogP contribution < -0.4 is 5.73 Å². The monoisotopic (exact) mass is 285 g/mol. The van der Waals surface area contributed by atoms with Crippen molar-refractivity contribution in [2.45, 2.75) is 31.5 Å². The minimum absolute atomic E-state index is 0.0147. The maximum Gasteiger partial charge on any atom is 0.326 e. The number of rotatable bonds is 3. The summed E-state index contributed by atoms with van der Waals surface area (Å²) in [5.41, 5.74) is 5.85. The van der Waals surface area contributed by atoms with E-state index in [4.69, 9.17) is 10.8 Å². The number of aromatic nitrogens is 1. The Kier molecular flexibility index (Phi) is 3.83. The molecule has 2 rings (SSSR count). The number of likely N-dealkylation sites (tertiary alicyclic amines) is 1. The lowest BCUT2D eigenvalue weighted by Gasteiger charge is -2.19. The van der Waals surface area contributed by atoms with Gasteiger partial charge in [0.25, 0.3) is 5.91 Å². The van der Waals surface area contributed by atoms with Gasteiger partial charge in [-0.15, -0.1) is 11.3 Å². The summed E-state index contributed by atoms with van der Waals surface area (Å²) in [7, 11) is 0. The molecule has 0 radical (unpaired) electrons. The highest BCUT2D eigenvalue weighted by Crippen LogP contribution is 2.23. The quantitative estimate of drug-likeness (QED) is 0.709. The number of carboxylic acid groups (broad SMARTS) is 1. The Labute approximate surface area is 113 Å². The molecule has 3 atom stereocenters. The molecule has 7 nitrogen and oxygen atoms in total. The smallest absolute Gasteiger partial charge is 0.326 e. The summed E-state index contributed by atoms with van der Waals surface area (Å²) in [6.45, 7) is 1.77. The van der Waals surface area contributed by atoms with Gasteiger partial charge in [-0.05, 0) is 6.92 Å². The number of carbonyl (C=O) groups is 2. The third-order valence-electron chi connectivity index (χ3n) is 2.96. The Morgan fingerprint density at radius 2 is 2.32 bits per heavy atom. The molecule has 8 heteroatoms. The molecule has 1 aliphatic heterocycles. The molecular weight excluding hydrogens is 270 g/mol. The summed E-state index contributed by atoms with van der Waals surface area (Å²) in [6, 6.07) is -1.27. The molecule has 19 heavy (non-hydrogen) atoms. The van der Waals surface area contributed by atoms with E-state index in [1.807, 2.05) is 0 Å². The first-order valence-electron chi connectivity index (χ1n) is 5.83. The third-order valence-corrected chi connectivity index (χ3v) is 4.00. The first-order chi connectivity index (χ1) is 8.90. The van der Waals surface area contributed by atoms with Crippen molar-refractivity contribution < 1.29 is 19.8 Å². The maximum atomic E-state index is 12.2. The number of aliphatic carboxylic acids is 1. The largest absolute Gasteiger partial charge is 0.480 e. The van der Waals surface area contributed by atoms with Crippen molar-refractivity contribution >= 4 is 23.2 Å². The number of thiazole rings is 1. The molecule has 0 saturated carbocycles. The van der Waals surface area contributed by atoms with E-state index < -0.39 is 24.0 Å². The predicted octanol–water partition coefficient (Wildman–Crippen LogP) is -0.177. The summed E-state index contributed by atoms with van der Waals surface area (Å²) in [4.78, 5) is 28.5. The number of carbonyl (C=O) groups excluding carboxylic acids is 1. The third kappa shape index (κ3) is 2.75. The Bertz CT molecular complexity index is 502. The van der Waals surface area contributed by atoms with Gasteiger partial charge in [0, 0.05) is 18.3 Å². The minimum Gasteiger partial charge on any atom is -0.480 e. The first kappa shape index (κ1) is 13.9. The minimum atomic E-state index is -1.12.